The molecule has 2 aliphatic rings. The second kappa shape index (κ2) is 9.45. The molecule has 2 heterocycles. The smallest absolute Gasteiger partial charge is 0.265 e. The maximum Gasteiger partial charge on any atom is 0.265 e. The molecule has 0 aromatic heterocycles. The van der Waals surface area contributed by atoms with E-state index < -0.39 is 0 Å². The van der Waals surface area contributed by atoms with Gasteiger partial charge in [-0.3, -0.25) is 19.4 Å². The molecule has 156 valence electrons. The van der Waals surface area contributed by atoms with E-state index in [1.165, 1.54) is 10.5 Å². The average molecular weight is 470 g/mol. The SMILES string of the molecule is O=C(CN1C(=O)COc2cc(Br)ccc21)N1CCN(C/C=C/c2ccccc2)CC1. The number of rotatable bonds is 5. The molecule has 1 saturated heterocycles. The van der Waals surface area contributed by atoms with E-state index in [9.17, 15) is 9.59 Å². The molecule has 2 aromatic carbocycles. The van der Waals surface area contributed by atoms with Gasteiger partial charge in [0.15, 0.2) is 6.61 Å². The largest absolute Gasteiger partial charge is 0.482 e. The van der Waals surface area contributed by atoms with E-state index in [-0.39, 0.29) is 25.0 Å². The van der Waals surface area contributed by atoms with Crippen molar-refractivity contribution in [1.29, 1.82) is 0 Å². The number of ether oxygens (including phenoxy) is 1. The first-order valence-electron chi connectivity index (χ1n) is 10.0. The molecular weight excluding hydrogens is 446 g/mol. The third-order valence-electron chi connectivity index (χ3n) is 5.36. The molecular formula is C23H24BrN3O3. The molecule has 0 N–H and O–H groups in total. The number of hydrogen-bond acceptors (Lipinski definition) is 4. The van der Waals surface area contributed by atoms with Crippen molar-refractivity contribution in [3.05, 3.63) is 64.6 Å². The fourth-order valence-corrected chi connectivity index (χ4v) is 4.01. The van der Waals surface area contributed by atoms with Crippen LogP contribution in [0.2, 0.25) is 0 Å². The minimum Gasteiger partial charge on any atom is -0.482 e. The van der Waals surface area contributed by atoms with Crippen LogP contribution in [-0.2, 0) is 9.59 Å². The van der Waals surface area contributed by atoms with Crippen LogP contribution >= 0.6 is 15.9 Å². The van der Waals surface area contributed by atoms with E-state index in [0.29, 0.717) is 24.5 Å². The van der Waals surface area contributed by atoms with Gasteiger partial charge in [0.25, 0.3) is 5.91 Å². The van der Waals surface area contributed by atoms with Crippen LogP contribution in [-0.4, -0.2) is 67.5 Å². The molecule has 7 heteroatoms. The van der Waals surface area contributed by atoms with Crippen molar-refractivity contribution in [2.24, 2.45) is 0 Å². The van der Waals surface area contributed by atoms with Crippen molar-refractivity contribution < 1.29 is 14.3 Å². The standard InChI is InChI=1S/C23H24BrN3O3/c24-19-8-9-20-21(15-19)30-17-23(29)27(20)16-22(28)26-13-11-25(12-14-26)10-4-7-18-5-2-1-3-6-18/h1-9,15H,10-14,16-17H2/b7-4+. The highest BCUT2D eigenvalue weighted by Gasteiger charge is 2.30. The molecule has 30 heavy (non-hydrogen) atoms. The lowest BCUT2D eigenvalue weighted by Gasteiger charge is -2.36. The Morgan fingerprint density at radius 1 is 1.07 bits per heavy atom. The van der Waals surface area contributed by atoms with Gasteiger partial charge in [-0.15, -0.1) is 0 Å². The van der Waals surface area contributed by atoms with Crippen LogP contribution in [0.15, 0.2) is 59.1 Å². The van der Waals surface area contributed by atoms with Gasteiger partial charge in [0.2, 0.25) is 5.91 Å². The van der Waals surface area contributed by atoms with E-state index >= 15 is 0 Å². The summed E-state index contributed by atoms with van der Waals surface area (Å²) in [7, 11) is 0. The maximum absolute atomic E-state index is 12.8. The summed E-state index contributed by atoms with van der Waals surface area (Å²) in [5.41, 5.74) is 1.83. The van der Waals surface area contributed by atoms with Gasteiger partial charge >= 0.3 is 0 Å². The molecule has 0 unspecified atom stereocenters. The first-order valence-corrected chi connectivity index (χ1v) is 10.8. The monoisotopic (exact) mass is 469 g/mol. The average Bonchev–Trinajstić information content (AvgIpc) is 2.77. The van der Waals surface area contributed by atoms with Crippen LogP contribution in [0.1, 0.15) is 5.56 Å². The number of halogens is 1. The van der Waals surface area contributed by atoms with E-state index in [1.54, 1.807) is 6.07 Å². The van der Waals surface area contributed by atoms with E-state index in [4.69, 9.17) is 4.74 Å². The van der Waals surface area contributed by atoms with Crippen LogP contribution in [0.3, 0.4) is 0 Å². The van der Waals surface area contributed by atoms with Gasteiger partial charge in [0, 0.05) is 37.2 Å². The summed E-state index contributed by atoms with van der Waals surface area (Å²) in [6.07, 6.45) is 4.28. The normalized spacial score (nSPS) is 17.2. The van der Waals surface area contributed by atoms with Crippen molar-refractivity contribution in [2.75, 3.05) is 50.8 Å². The lowest BCUT2D eigenvalue weighted by molar-refractivity contribution is -0.133. The highest BCUT2D eigenvalue weighted by Crippen LogP contribution is 2.34. The Morgan fingerprint density at radius 2 is 1.83 bits per heavy atom. The van der Waals surface area contributed by atoms with Crippen LogP contribution in [0.4, 0.5) is 5.69 Å². The van der Waals surface area contributed by atoms with Gasteiger partial charge < -0.3 is 9.64 Å². The molecule has 2 aromatic rings. The van der Waals surface area contributed by atoms with Gasteiger partial charge in [-0.25, -0.2) is 0 Å². The Hall–Kier alpha value is -2.64. The van der Waals surface area contributed by atoms with Gasteiger partial charge in [-0.1, -0.05) is 58.4 Å². The number of anilines is 1. The quantitative estimate of drug-likeness (QED) is 0.675. The number of benzene rings is 2. The summed E-state index contributed by atoms with van der Waals surface area (Å²) >= 11 is 3.41. The number of fused-ring (bicyclic) bond motifs is 1. The molecule has 4 rings (SSSR count). The van der Waals surface area contributed by atoms with Crippen molar-refractivity contribution in [1.82, 2.24) is 9.80 Å². The van der Waals surface area contributed by atoms with Gasteiger partial charge in [0.1, 0.15) is 12.3 Å². The fraction of sp³-hybridized carbons (Fsp3) is 0.304. The van der Waals surface area contributed by atoms with E-state index in [2.05, 4.69) is 45.1 Å². The zero-order chi connectivity index (χ0) is 20.9. The molecule has 6 nitrogen and oxygen atoms in total. The molecule has 0 saturated carbocycles. The third kappa shape index (κ3) is 4.91. The Bertz CT molecular complexity index is 940. The molecule has 0 aliphatic carbocycles. The summed E-state index contributed by atoms with van der Waals surface area (Å²) in [5, 5.41) is 0. The summed E-state index contributed by atoms with van der Waals surface area (Å²) in [6.45, 7) is 3.86. The zero-order valence-electron chi connectivity index (χ0n) is 16.7. The number of carbonyl (C=O) groups is 2. The fourth-order valence-electron chi connectivity index (χ4n) is 3.67. The summed E-state index contributed by atoms with van der Waals surface area (Å²) in [6, 6.07) is 15.7. The second-order valence-corrected chi connectivity index (χ2v) is 8.29. The Balaban J connectivity index is 1.30. The lowest BCUT2D eigenvalue weighted by atomic mass is 10.2. The molecule has 2 amide bonds. The topological polar surface area (TPSA) is 53.1 Å². The minimum atomic E-state index is -0.192. The van der Waals surface area contributed by atoms with Gasteiger partial charge in [0.05, 0.1) is 5.69 Å². The van der Waals surface area contributed by atoms with Gasteiger partial charge in [-0.2, -0.15) is 0 Å². The highest BCUT2D eigenvalue weighted by atomic mass is 79.9. The first kappa shape index (κ1) is 20.6. The number of nitrogens with zero attached hydrogens (tertiary/aromatic N) is 3. The molecule has 0 radical (unpaired) electrons. The van der Waals surface area contributed by atoms with Crippen molar-refractivity contribution in [3.8, 4) is 5.75 Å². The molecule has 0 spiro atoms. The highest BCUT2D eigenvalue weighted by molar-refractivity contribution is 9.10. The number of piperazine rings is 1. The summed E-state index contributed by atoms with van der Waals surface area (Å²) in [4.78, 5) is 30.9. The van der Waals surface area contributed by atoms with Crippen LogP contribution in [0.5, 0.6) is 5.75 Å². The van der Waals surface area contributed by atoms with Crippen LogP contribution < -0.4 is 9.64 Å². The predicted molar refractivity (Wildman–Crippen MR) is 120 cm³/mol. The first-order chi connectivity index (χ1) is 14.6. The van der Waals surface area contributed by atoms with E-state index in [1.807, 2.05) is 35.2 Å². The second-order valence-electron chi connectivity index (χ2n) is 7.38. The molecule has 1 fully saturated rings. The van der Waals surface area contributed by atoms with Crippen molar-refractivity contribution in [2.45, 2.75) is 0 Å². The Morgan fingerprint density at radius 3 is 2.60 bits per heavy atom. The van der Waals surface area contributed by atoms with Crippen molar-refractivity contribution >= 4 is 39.5 Å². The molecule has 0 atom stereocenters. The maximum atomic E-state index is 12.8. The number of amides is 2. The summed E-state index contributed by atoms with van der Waals surface area (Å²) in [5.74, 6) is 0.397. The molecule has 2 aliphatic heterocycles. The Labute approximate surface area is 184 Å². The van der Waals surface area contributed by atoms with E-state index in [0.717, 1.165) is 24.1 Å². The Kier molecular flexibility index (Phi) is 6.50. The van der Waals surface area contributed by atoms with Crippen molar-refractivity contribution in [3.63, 3.8) is 0 Å². The minimum absolute atomic E-state index is 0.0291. The number of carbonyl (C=O) groups excluding carboxylic acids is 2. The van der Waals surface area contributed by atoms with Crippen LogP contribution in [0.25, 0.3) is 6.08 Å². The zero-order valence-corrected chi connectivity index (χ0v) is 18.3. The molecule has 0 bridgehead atoms. The van der Waals surface area contributed by atoms with Crippen LogP contribution in [0, 0.1) is 0 Å². The predicted octanol–water partition coefficient (Wildman–Crippen LogP) is 3.03. The van der Waals surface area contributed by atoms with Gasteiger partial charge in [-0.05, 0) is 23.8 Å². The summed E-state index contributed by atoms with van der Waals surface area (Å²) < 4.78 is 6.37. The number of hydrogen-bond donors (Lipinski definition) is 0. The lowest BCUT2D eigenvalue weighted by Crippen LogP contribution is -2.52. The third-order valence-corrected chi connectivity index (χ3v) is 5.85.